The molecule has 3 N–H and O–H groups in total. The van der Waals surface area contributed by atoms with Crippen LogP contribution in [0, 0.1) is 0 Å². The quantitative estimate of drug-likeness (QED) is 0.634. The van der Waals surface area contributed by atoms with Crippen LogP contribution >= 0.6 is 0 Å². The predicted molar refractivity (Wildman–Crippen MR) is 65.7 cm³/mol. The van der Waals surface area contributed by atoms with E-state index in [1.807, 2.05) is 6.92 Å². The molecule has 0 saturated carbocycles. The minimum absolute atomic E-state index is 0.163. The van der Waals surface area contributed by atoms with Gasteiger partial charge in [0.25, 0.3) is 0 Å². The van der Waals surface area contributed by atoms with Crippen LogP contribution in [0.25, 0.3) is 0 Å². The Kier molecular flexibility index (Phi) is 25.2. The number of allylic oxidation sites excluding steroid dienone is 1. The van der Waals surface area contributed by atoms with Crippen molar-refractivity contribution in [3.8, 4) is 0 Å². The molecule has 0 aliphatic rings. The highest BCUT2D eigenvalue weighted by molar-refractivity contribution is 4.74. The van der Waals surface area contributed by atoms with Gasteiger partial charge in [-0.1, -0.05) is 18.2 Å². The fraction of sp³-hybridized carbons (Fsp3) is 0.667. The van der Waals surface area contributed by atoms with Crippen molar-refractivity contribution in [3.63, 3.8) is 0 Å². The lowest BCUT2D eigenvalue weighted by Gasteiger charge is -1.92. The minimum atomic E-state index is -0.220. The second-order valence-corrected chi connectivity index (χ2v) is 3.22. The van der Waals surface area contributed by atoms with Crippen molar-refractivity contribution in [3.05, 3.63) is 24.8 Å². The zero-order valence-electron chi connectivity index (χ0n) is 10.3. The Bertz CT molecular complexity index is 126. The Balaban J connectivity index is -0.000000147. The summed E-state index contributed by atoms with van der Waals surface area (Å²) < 4.78 is 0. The van der Waals surface area contributed by atoms with E-state index < -0.39 is 0 Å². The van der Waals surface area contributed by atoms with E-state index in [0.29, 0.717) is 6.42 Å². The first kappa shape index (κ1) is 19.9. The third-order valence-corrected chi connectivity index (χ3v) is 0.849. The molecule has 0 spiro atoms. The largest absolute Gasteiger partial charge is 0.394 e. The molecule has 3 nitrogen and oxygen atoms in total. The van der Waals surface area contributed by atoms with Gasteiger partial charge in [0.05, 0.1) is 12.7 Å². The Morgan fingerprint density at radius 1 is 1.20 bits per heavy atom. The summed E-state index contributed by atoms with van der Waals surface area (Å²) in [6.45, 7) is 10.7. The lowest BCUT2D eigenvalue weighted by molar-refractivity contribution is 0.198. The summed E-state index contributed by atoms with van der Waals surface area (Å²) in [5.41, 5.74) is 0. The van der Waals surface area contributed by atoms with Gasteiger partial charge in [-0.25, -0.2) is 0 Å². The van der Waals surface area contributed by atoms with Crippen molar-refractivity contribution in [2.75, 3.05) is 6.61 Å². The number of hydrogen-bond acceptors (Lipinski definition) is 3. The van der Waals surface area contributed by atoms with Crippen LogP contribution in [0.1, 0.15) is 34.1 Å². The van der Waals surface area contributed by atoms with Gasteiger partial charge < -0.3 is 15.3 Å². The molecule has 0 heterocycles. The van der Waals surface area contributed by atoms with Crippen LogP contribution in [-0.2, 0) is 0 Å². The summed E-state index contributed by atoms with van der Waals surface area (Å²) in [5, 5.41) is 24.5. The normalized spacial score (nSPS) is 11.2. The summed E-state index contributed by atoms with van der Waals surface area (Å²) >= 11 is 0. The molecule has 0 aromatic carbocycles. The maximum absolute atomic E-state index is 8.48. The van der Waals surface area contributed by atoms with Crippen LogP contribution in [0.3, 0.4) is 0 Å². The highest BCUT2D eigenvalue weighted by Crippen LogP contribution is 1.85. The molecule has 0 fully saturated rings. The van der Waals surface area contributed by atoms with Crippen molar-refractivity contribution >= 4 is 0 Å². The van der Waals surface area contributed by atoms with Crippen LogP contribution in [0.5, 0.6) is 0 Å². The second kappa shape index (κ2) is 19.0. The third-order valence-electron chi connectivity index (χ3n) is 0.849. The molecule has 0 bridgehead atoms. The van der Waals surface area contributed by atoms with Gasteiger partial charge in [-0.2, -0.15) is 0 Å². The summed E-state index contributed by atoms with van der Waals surface area (Å²) in [6.07, 6.45) is 5.49. The van der Waals surface area contributed by atoms with Crippen molar-refractivity contribution < 1.29 is 15.3 Å². The van der Waals surface area contributed by atoms with Crippen molar-refractivity contribution in [1.29, 1.82) is 0 Å². The zero-order chi connectivity index (χ0) is 12.7. The molecule has 0 aliphatic carbocycles. The van der Waals surface area contributed by atoms with Gasteiger partial charge in [0.15, 0.2) is 0 Å². The molecular formula is C12H26O3. The molecule has 0 aromatic heterocycles. The smallest absolute Gasteiger partial charge is 0.0612 e. The standard InChI is InChI=1S/C5H10O.C4H8O.C3H8O/c1-3-4-5(2)6;1-2-3-4-5;1-3(2)4/h3,5-6H,1,4H2,2H3;2-3,5H,4H2,1H3;3-4H,1-2H3. The van der Waals surface area contributed by atoms with Gasteiger partial charge in [-0.05, 0) is 34.1 Å². The predicted octanol–water partition coefficient (Wildman–Crippen LogP) is 1.89. The van der Waals surface area contributed by atoms with E-state index in [1.54, 1.807) is 39.0 Å². The summed E-state index contributed by atoms with van der Waals surface area (Å²) in [7, 11) is 0. The van der Waals surface area contributed by atoms with Gasteiger partial charge in [0.2, 0.25) is 0 Å². The number of rotatable bonds is 3. The van der Waals surface area contributed by atoms with Crippen molar-refractivity contribution in [1.82, 2.24) is 0 Å². The molecule has 0 aliphatic heterocycles. The van der Waals surface area contributed by atoms with Crippen LogP contribution in [-0.4, -0.2) is 34.1 Å². The fourth-order valence-corrected chi connectivity index (χ4v) is 0.347. The van der Waals surface area contributed by atoms with E-state index in [9.17, 15) is 0 Å². The average Bonchev–Trinajstić information content (AvgIpc) is 2.05. The second-order valence-electron chi connectivity index (χ2n) is 3.22. The number of aliphatic hydroxyl groups excluding tert-OH is 3. The summed E-state index contributed by atoms with van der Waals surface area (Å²) in [6, 6.07) is 0. The Morgan fingerprint density at radius 3 is 1.60 bits per heavy atom. The SMILES string of the molecule is C=CCC(C)O.CC(C)O.CC=CCO. The van der Waals surface area contributed by atoms with E-state index in [2.05, 4.69) is 6.58 Å². The van der Waals surface area contributed by atoms with E-state index in [4.69, 9.17) is 15.3 Å². The maximum atomic E-state index is 8.48. The first-order chi connectivity index (χ1) is 6.92. The Hall–Kier alpha value is -0.640. The molecule has 1 unspecified atom stereocenters. The van der Waals surface area contributed by atoms with Gasteiger partial charge in [-0.15, -0.1) is 6.58 Å². The molecule has 0 amide bonds. The van der Waals surface area contributed by atoms with Crippen LogP contribution in [0.2, 0.25) is 0 Å². The van der Waals surface area contributed by atoms with Gasteiger partial charge in [-0.3, -0.25) is 0 Å². The first-order valence-electron chi connectivity index (χ1n) is 5.11. The molecule has 0 rings (SSSR count). The molecule has 92 valence electrons. The topological polar surface area (TPSA) is 60.7 Å². The van der Waals surface area contributed by atoms with Crippen LogP contribution in [0.4, 0.5) is 0 Å². The Morgan fingerprint density at radius 2 is 1.60 bits per heavy atom. The monoisotopic (exact) mass is 218 g/mol. The molecule has 0 saturated heterocycles. The number of hydrogen-bond donors (Lipinski definition) is 3. The first-order valence-corrected chi connectivity index (χ1v) is 5.11. The molecule has 0 radical (unpaired) electrons. The minimum Gasteiger partial charge on any atom is -0.394 e. The molecule has 1 atom stereocenters. The molecule has 3 heteroatoms. The summed E-state index contributed by atoms with van der Waals surface area (Å²) in [4.78, 5) is 0. The van der Waals surface area contributed by atoms with Gasteiger partial charge >= 0.3 is 0 Å². The molecule has 0 aromatic rings. The lowest BCUT2D eigenvalue weighted by Crippen LogP contribution is -1.94. The van der Waals surface area contributed by atoms with E-state index in [1.165, 1.54) is 0 Å². The highest BCUT2D eigenvalue weighted by atomic mass is 16.3. The van der Waals surface area contributed by atoms with Gasteiger partial charge in [0.1, 0.15) is 0 Å². The lowest BCUT2D eigenvalue weighted by atomic mass is 10.3. The Labute approximate surface area is 93.8 Å². The van der Waals surface area contributed by atoms with Gasteiger partial charge in [0, 0.05) is 6.10 Å². The maximum Gasteiger partial charge on any atom is 0.0612 e. The van der Waals surface area contributed by atoms with Crippen LogP contribution < -0.4 is 0 Å². The fourth-order valence-electron chi connectivity index (χ4n) is 0.347. The third kappa shape index (κ3) is 90.7. The van der Waals surface area contributed by atoms with E-state index in [0.717, 1.165) is 0 Å². The average molecular weight is 218 g/mol. The summed E-state index contributed by atoms with van der Waals surface area (Å²) in [5.74, 6) is 0. The van der Waals surface area contributed by atoms with E-state index >= 15 is 0 Å². The molecule has 15 heavy (non-hydrogen) atoms. The molecular weight excluding hydrogens is 192 g/mol. The van der Waals surface area contributed by atoms with Crippen molar-refractivity contribution in [2.24, 2.45) is 0 Å². The van der Waals surface area contributed by atoms with Crippen molar-refractivity contribution in [2.45, 2.75) is 46.3 Å². The number of aliphatic hydroxyl groups is 3. The van der Waals surface area contributed by atoms with E-state index in [-0.39, 0.29) is 18.8 Å². The van der Waals surface area contributed by atoms with Crippen LogP contribution in [0.15, 0.2) is 24.8 Å². The highest BCUT2D eigenvalue weighted by Gasteiger charge is 1.84. The zero-order valence-corrected chi connectivity index (χ0v) is 10.3.